The Morgan fingerprint density at radius 3 is 2.72 bits per heavy atom. The zero-order valence-corrected chi connectivity index (χ0v) is 15.6. The molecule has 5 nitrogen and oxygen atoms in total. The maximum absolute atomic E-state index is 12.2. The van der Waals surface area contributed by atoms with Gasteiger partial charge in [-0.05, 0) is 47.2 Å². The van der Waals surface area contributed by atoms with Gasteiger partial charge in [-0.2, -0.15) is 0 Å². The molecule has 0 spiro atoms. The van der Waals surface area contributed by atoms with Crippen LogP contribution in [0, 0.1) is 0 Å². The Hall–Kier alpha value is -2.60. The molecule has 1 N–H and O–H groups in total. The van der Waals surface area contributed by atoms with Gasteiger partial charge in [-0.15, -0.1) is 0 Å². The van der Waals surface area contributed by atoms with E-state index in [1.807, 2.05) is 61.5 Å². The van der Waals surface area contributed by atoms with Crippen LogP contribution in [0.4, 0.5) is 11.5 Å². The number of benzene rings is 2. The number of aromatic nitrogens is 1. The number of fused-ring (bicyclic) bond motifs is 1. The van der Waals surface area contributed by atoms with Crippen molar-refractivity contribution in [3.63, 3.8) is 0 Å². The lowest BCUT2D eigenvalue weighted by molar-refractivity contribution is -0.118. The second-order valence-electron chi connectivity index (χ2n) is 5.76. The maximum atomic E-state index is 12.2. The largest absolute Gasteiger partial charge is 0.484 e. The van der Waals surface area contributed by atoms with E-state index >= 15 is 0 Å². The molecule has 25 heavy (non-hydrogen) atoms. The molecule has 0 unspecified atom stereocenters. The lowest BCUT2D eigenvalue weighted by Crippen LogP contribution is -2.22. The van der Waals surface area contributed by atoms with Gasteiger partial charge in [0.1, 0.15) is 5.75 Å². The maximum Gasteiger partial charge on any atom is 0.262 e. The first-order valence-corrected chi connectivity index (χ1v) is 8.56. The Bertz CT molecular complexity index is 912. The van der Waals surface area contributed by atoms with Crippen molar-refractivity contribution in [2.75, 3.05) is 30.9 Å². The lowest BCUT2D eigenvalue weighted by Gasteiger charge is -2.16. The van der Waals surface area contributed by atoms with Crippen LogP contribution in [0.15, 0.2) is 59.2 Å². The summed E-state index contributed by atoms with van der Waals surface area (Å²) in [4.78, 5) is 18.3. The Kier molecular flexibility index (Phi) is 5.19. The van der Waals surface area contributed by atoms with Gasteiger partial charge in [0.25, 0.3) is 5.91 Å². The van der Waals surface area contributed by atoms with Crippen molar-refractivity contribution in [3.8, 4) is 5.75 Å². The molecule has 0 radical (unpaired) electrons. The van der Waals surface area contributed by atoms with Gasteiger partial charge in [-0.25, -0.2) is 4.98 Å². The predicted molar refractivity (Wildman–Crippen MR) is 104 cm³/mol. The molecule has 128 valence electrons. The topological polar surface area (TPSA) is 54.5 Å². The van der Waals surface area contributed by atoms with Gasteiger partial charge in [-0.1, -0.05) is 28.1 Å². The van der Waals surface area contributed by atoms with Crippen molar-refractivity contribution in [2.24, 2.45) is 0 Å². The third kappa shape index (κ3) is 4.28. The van der Waals surface area contributed by atoms with Gasteiger partial charge < -0.3 is 15.0 Å². The van der Waals surface area contributed by atoms with E-state index in [-0.39, 0.29) is 12.5 Å². The van der Waals surface area contributed by atoms with E-state index in [4.69, 9.17) is 4.74 Å². The Morgan fingerprint density at radius 2 is 1.92 bits per heavy atom. The number of hydrogen-bond donors (Lipinski definition) is 1. The SMILES string of the molecule is CN(C)c1ncccc1NC(=O)COc1ccc2cc(Br)ccc2c1. The molecule has 0 aliphatic carbocycles. The van der Waals surface area contributed by atoms with Crippen LogP contribution in [0.5, 0.6) is 5.75 Å². The highest BCUT2D eigenvalue weighted by molar-refractivity contribution is 9.10. The number of rotatable bonds is 5. The molecule has 1 aromatic heterocycles. The average molecular weight is 400 g/mol. The Morgan fingerprint density at radius 1 is 1.16 bits per heavy atom. The summed E-state index contributed by atoms with van der Waals surface area (Å²) < 4.78 is 6.65. The van der Waals surface area contributed by atoms with Gasteiger partial charge in [-0.3, -0.25) is 4.79 Å². The highest BCUT2D eigenvalue weighted by Crippen LogP contribution is 2.24. The number of ether oxygens (including phenoxy) is 1. The molecule has 6 heteroatoms. The highest BCUT2D eigenvalue weighted by Gasteiger charge is 2.10. The molecular weight excluding hydrogens is 382 g/mol. The highest BCUT2D eigenvalue weighted by atomic mass is 79.9. The molecule has 0 saturated heterocycles. The molecule has 0 aliphatic heterocycles. The van der Waals surface area contributed by atoms with E-state index in [1.54, 1.807) is 12.3 Å². The van der Waals surface area contributed by atoms with Crippen LogP contribution in [0.3, 0.4) is 0 Å². The third-order valence-corrected chi connectivity index (χ3v) is 4.12. The van der Waals surface area contributed by atoms with Gasteiger partial charge in [0.15, 0.2) is 12.4 Å². The van der Waals surface area contributed by atoms with Crippen molar-refractivity contribution in [3.05, 3.63) is 59.2 Å². The minimum atomic E-state index is -0.230. The number of carbonyl (C=O) groups excluding carboxylic acids is 1. The Labute approximate surface area is 154 Å². The van der Waals surface area contributed by atoms with E-state index in [0.717, 1.165) is 15.2 Å². The van der Waals surface area contributed by atoms with Crippen LogP contribution in [0.1, 0.15) is 0 Å². The summed E-state index contributed by atoms with van der Waals surface area (Å²) >= 11 is 3.46. The van der Waals surface area contributed by atoms with Crippen LogP contribution in [0.2, 0.25) is 0 Å². The van der Waals surface area contributed by atoms with E-state index in [1.165, 1.54) is 0 Å². The zero-order chi connectivity index (χ0) is 17.8. The molecule has 0 bridgehead atoms. The van der Waals surface area contributed by atoms with Crippen molar-refractivity contribution in [1.82, 2.24) is 4.98 Å². The minimum absolute atomic E-state index is 0.0657. The van der Waals surface area contributed by atoms with Crippen LogP contribution >= 0.6 is 15.9 Å². The first kappa shape index (κ1) is 17.2. The van der Waals surface area contributed by atoms with Crippen LogP contribution in [-0.4, -0.2) is 31.6 Å². The van der Waals surface area contributed by atoms with Crippen LogP contribution in [0.25, 0.3) is 10.8 Å². The van der Waals surface area contributed by atoms with E-state index < -0.39 is 0 Å². The van der Waals surface area contributed by atoms with Crippen LogP contribution in [-0.2, 0) is 4.79 Å². The van der Waals surface area contributed by atoms with Gasteiger partial charge in [0, 0.05) is 24.8 Å². The molecule has 3 aromatic rings. The number of nitrogens with one attached hydrogen (secondary N) is 1. The average Bonchev–Trinajstić information content (AvgIpc) is 2.60. The first-order chi connectivity index (χ1) is 12.0. The molecule has 1 amide bonds. The smallest absolute Gasteiger partial charge is 0.262 e. The summed E-state index contributed by atoms with van der Waals surface area (Å²) in [5.41, 5.74) is 0.657. The summed E-state index contributed by atoms with van der Waals surface area (Å²) in [7, 11) is 3.75. The van der Waals surface area contributed by atoms with Crippen molar-refractivity contribution in [1.29, 1.82) is 0 Å². The Balaban J connectivity index is 1.65. The number of anilines is 2. The molecule has 0 aliphatic rings. The molecule has 2 aromatic carbocycles. The molecule has 1 heterocycles. The van der Waals surface area contributed by atoms with E-state index in [0.29, 0.717) is 17.3 Å². The van der Waals surface area contributed by atoms with Crippen molar-refractivity contribution >= 4 is 44.1 Å². The molecule has 3 rings (SSSR count). The van der Waals surface area contributed by atoms with Crippen molar-refractivity contribution < 1.29 is 9.53 Å². The minimum Gasteiger partial charge on any atom is -0.484 e. The molecular formula is C19H18BrN3O2. The standard InChI is InChI=1S/C19H18BrN3O2/c1-23(2)19-17(4-3-9-21-19)22-18(24)12-25-16-8-6-13-10-15(20)7-5-14(13)11-16/h3-11H,12H2,1-2H3,(H,22,24). The van der Waals surface area contributed by atoms with Gasteiger partial charge in [0.05, 0.1) is 5.69 Å². The second kappa shape index (κ2) is 7.53. The normalized spacial score (nSPS) is 10.5. The second-order valence-corrected chi connectivity index (χ2v) is 6.67. The molecule has 0 atom stereocenters. The summed E-state index contributed by atoms with van der Waals surface area (Å²) in [6.45, 7) is -0.0657. The van der Waals surface area contributed by atoms with E-state index in [2.05, 4.69) is 26.2 Å². The van der Waals surface area contributed by atoms with Crippen molar-refractivity contribution in [2.45, 2.75) is 0 Å². The predicted octanol–water partition coefficient (Wildman–Crippen LogP) is 4.08. The number of halogens is 1. The fourth-order valence-corrected chi connectivity index (χ4v) is 2.85. The monoisotopic (exact) mass is 399 g/mol. The first-order valence-electron chi connectivity index (χ1n) is 7.77. The number of amides is 1. The summed E-state index contributed by atoms with van der Waals surface area (Å²) in [5, 5.41) is 5.00. The molecule has 0 fully saturated rings. The number of pyridine rings is 1. The number of carbonyl (C=O) groups is 1. The van der Waals surface area contributed by atoms with Gasteiger partial charge in [0.2, 0.25) is 0 Å². The fraction of sp³-hybridized carbons (Fsp3) is 0.158. The summed E-state index contributed by atoms with van der Waals surface area (Å²) in [6.07, 6.45) is 1.69. The lowest BCUT2D eigenvalue weighted by atomic mass is 10.1. The number of hydrogen-bond acceptors (Lipinski definition) is 4. The zero-order valence-electron chi connectivity index (χ0n) is 14.0. The van der Waals surface area contributed by atoms with Gasteiger partial charge >= 0.3 is 0 Å². The van der Waals surface area contributed by atoms with E-state index in [9.17, 15) is 4.79 Å². The number of nitrogens with zero attached hydrogens (tertiary/aromatic N) is 2. The quantitative estimate of drug-likeness (QED) is 0.701. The summed E-state index contributed by atoms with van der Waals surface area (Å²) in [6, 6.07) is 15.4. The summed E-state index contributed by atoms with van der Waals surface area (Å²) in [5.74, 6) is 1.13. The fourth-order valence-electron chi connectivity index (χ4n) is 2.47. The van der Waals surface area contributed by atoms with Crippen LogP contribution < -0.4 is 15.0 Å². The third-order valence-electron chi connectivity index (χ3n) is 3.63. The molecule has 0 saturated carbocycles.